The van der Waals surface area contributed by atoms with Crippen LogP contribution in [0.1, 0.15) is 17.2 Å². The van der Waals surface area contributed by atoms with Crippen molar-refractivity contribution in [3.05, 3.63) is 47.7 Å². The van der Waals surface area contributed by atoms with Crippen molar-refractivity contribution in [2.75, 3.05) is 50.8 Å². The topological polar surface area (TPSA) is 58.1 Å². The summed E-state index contributed by atoms with van der Waals surface area (Å²) in [4.78, 5) is 8.03. The lowest BCUT2D eigenvalue weighted by atomic mass is 10.1. The smallest absolute Gasteiger partial charge is 0.417 e. The molecule has 2 aliphatic rings. The second-order valence-corrected chi connectivity index (χ2v) is 7.11. The van der Waals surface area contributed by atoms with Gasteiger partial charge in [-0.25, -0.2) is 4.98 Å². The predicted molar refractivity (Wildman–Crippen MR) is 100 cm³/mol. The van der Waals surface area contributed by atoms with Gasteiger partial charge in [-0.1, -0.05) is 6.07 Å². The van der Waals surface area contributed by atoms with E-state index in [2.05, 4.69) is 9.88 Å². The van der Waals surface area contributed by atoms with Crippen molar-refractivity contribution in [3.8, 4) is 11.5 Å². The lowest BCUT2D eigenvalue weighted by Crippen LogP contribution is -2.47. The summed E-state index contributed by atoms with van der Waals surface area (Å²) < 4.78 is 49.1. The monoisotopic (exact) mass is 409 g/mol. The van der Waals surface area contributed by atoms with E-state index in [1.165, 1.54) is 6.07 Å². The highest BCUT2D eigenvalue weighted by Gasteiger charge is 2.31. The molecule has 29 heavy (non-hydrogen) atoms. The van der Waals surface area contributed by atoms with Gasteiger partial charge in [0.2, 0.25) is 0 Å². The molecular formula is C20H22F3N3O3. The van der Waals surface area contributed by atoms with Crippen molar-refractivity contribution in [1.82, 2.24) is 9.88 Å². The van der Waals surface area contributed by atoms with E-state index in [0.29, 0.717) is 63.3 Å². The standard InChI is InChI=1S/C20H22F3N3O3/c21-20(22,23)15-2-4-19(24-12-15)26-7-5-25(6-8-26)13-16(27)14-1-3-17-18(11-14)29-10-9-28-17/h1-4,11-12,16,27H,5-10,13H2. The fraction of sp³-hybridized carbons (Fsp3) is 0.450. The minimum atomic E-state index is -4.38. The quantitative estimate of drug-likeness (QED) is 0.838. The number of β-amino-alcohol motifs (C(OH)–C–C–N with tert-alkyl or cyclic N) is 1. The first-order valence-electron chi connectivity index (χ1n) is 9.48. The first kappa shape index (κ1) is 19.8. The van der Waals surface area contributed by atoms with E-state index in [1.807, 2.05) is 17.0 Å². The van der Waals surface area contributed by atoms with E-state index in [4.69, 9.17) is 9.47 Å². The number of alkyl halides is 3. The molecule has 1 fully saturated rings. The number of hydrogen-bond donors (Lipinski definition) is 1. The van der Waals surface area contributed by atoms with Gasteiger partial charge in [-0.05, 0) is 29.8 Å². The third kappa shape index (κ3) is 4.56. The Labute approximate surface area is 166 Å². The van der Waals surface area contributed by atoms with Crippen molar-refractivity contribution in [1.29, 1.82) is 0 Å². The molecule has 6 nitrogen and oxygen atoms in total. The van der Waals surface area contributed by atoms with Crippen molar-refractivity contribution < 1.29 is 27.8 Å². The molecule has 1 aromatic carbocycles. The maximum Gasteiger partial charge on any atom is 0.417 e. The first-order valence-corrected chi connectivity index (χ1v) is 9.48. The summed E-state index contributed by atoms with van der Waals surface area (Å²) in [6.45, 7) is 4.11. The summed E-state index contributed by atoms with van der Waals surface area (Å²) in [5, 5.41) is 10.6. The van der Waals surface area contributed by atoms with Gasteiger partial charge in [0.25, 0.3) is 0 Å². The van der Waals surface area contributed by atoms with Gasteiger partial charge in [0.1, 0.15) is 19.0 Å². The zero-order valence-corrected chi connectivity index (χ0v) is 15.7. The fourth-order valence-electron chi connectivity index (χ4n) is 3.52. The van der Waals surface area contributed by atoms with Crippen LogP contribution in [-0.2, 0) is 6.18 Å². The van der Waals surface area contributed by atoms with Gasteiger partial charge in [0, 0.05) is 38.9 Å². The number of halogens is 3. The highest BCUT2D eigenvalue weighted by molar-refractivity contribution is 5.44. The Balaban J connectivity index is 1.32. The van der Waals surface area contributed by atoms with Gasteiger partial charge in [-0.15, -0.1) is 0 Å². The molecule has 2 aromatic rings. The molecule has 1 unspecified atom stereocenters. The summed E-state index contributed by atoms with van der Waals surface area (Å²) in [6.07, 6.45) is -4.18. The number of ether oxygens (including phenoxy) is 2. The maximum atomic E-state index is 12.7. The number of hydrogen-bond acceptors (Lipinski definition) is 6. The number of benzene rings is 1. The number of aliphatic hydroxyl groups is 1. The third-order valence-corrected chi connectivity index (χ3v) is 5.15. The van der Waals surface area contributed by atoms with Crippen molar-refractivity contribution >= 4 is 5.82 Å². The van der Waals surface area contributed by atoms with E-state index in [0.717, 1.165) is 17.8 Å². The molecule has 1 saturated heterocycles. The van der Waals surface area contributed by atoms with Gasteiger partial charge in [-0.2, -0.15) is 13.2 Å². The van der Waals surface area contributed by atoms with Crippen LogP contribution in [0.25, 0.3) is 0 Å². The molecule has 9 heteroatoms. The summed E-state index contributed by atoms with van der Waals surface area (Å²) in [5.74, 6) is 1.86. The van der Waals surface area contributed by atoms with Crippen LogP contribution < -0.4 is 14.4 Å². The Morgan fingerprint density at radius 3 is 2.38 bits per heavy atom. The summed E-state index contributed by atoms with van der Waals surface area (Å²) in [6, 6.07) is 7.91. The molecule has 1 N–H and O–H groups in total. The van der Waals surface area contributed by atoms with Gasteiger partial charge in [0.15, 0.2) is 11.5 Å². The van der Waals surface area contributed by atoms with E-state index in [-0.39, 0.29) is 0 Å². The molecule has 0 bridgehead atoms. The molecule has 0 amide bonds. The average Bonchev–Trinajstić information content (AvgIpc) is 2.73. The van der Waals surface area contributed by atoms with Crippen LogP contribution in [0.2, 0.25) is 0 Å². The summed E-state index contributed by atoms with van der Waals surface area (Å²) in [5.41, 5.74) is 0.0172. The highest BCUT2D eigenvalue weighted by Crippen LogP contribution is 2.33. The molecule has 2 aliphatic heterocycles. The second-order valence-electron chi connectivity index (χ2n) is 7.11. The molecular weight excluding hydrogens is 387 g/mol. The largest absolute Gasteiger partial charge is 0.486 e. The molecule has 156 valence electrons. The van der Waals surface area contributed by atoms with E-state index >= 15 is 0 Å². The maximum absolute atomic E-state index is 12.7. The number of nitrogens with zero attached hydrogens (tertiary/aromatic N) is 3. The van der Waals surface area contributed by atoms with Crippen molar-refractivity contribution in [2.24, 2.45) is 0 Å². The molecule has 0 radical (unpaired) electrons. The third-order valence-electron chi connectivity index (χ3n) is 5.15. The van der Waals surface area contributed by atoms with Crippen molar-refractivity contribution in [2.45, 2.75) is 12.3 Å². The number of aromatic nitrogens is 1. The van der Waals surface area contributed by atoms with Crippen molar-refractivity contribution in [3.63, 3.8) is 0 Å². The molecule has 1 atom stereocenters. The number of rotatable bonds is 4. The molecule has 0 aliphatic carbocycles. The Morgan fingerprint density at radius 1 is 1.00 bits per heavy atom. The number of aliphatic hydroxyl groups excluding tert-OH is 1. The van der Waals surface area contributed by atoms with Crippen LogP contribution >= 0.6 is 0 Å². The lowest BCUT2D eigenvalue weighted by Gasteiger charge is -2.36. The number of piperazine rings is 1. The lowest BCUT2D eigenvalue weighted by molar-refractivity contribution is -0.137. The average molecular weight is 409 g/mol. The van der Waals surface area contributed by atoms with Gasteiger partial charge in [0.05, 0.1) is 11.7 Å². The van der Waals surface area contributed by atoms with Gasteiger partial charge >= 0.3 is 6.18 Å². The Bertz CT molecular complexity index is 837. The van der Waals surface area contributed by atoms with Crippen LogP contribution in [0.15, 0.2) is 36.5 Å². The van der Waals surface area contributed by atoms with E-state index < -0.39 is 17.8 Å². The Hall–Kier alpha value is -2.52. The van der Waals surface area contributed by atoms with Crippen LogP contribution in [0.4, 0.5) is 19.0 Å². The second kappa shape index (κ2) is 8.08. The van der Waals surface area contributed by atoms with E-state index in [1.54, 1.807) is 6.07 Å². The summed E-state index contributed by atoms with van der Waals surface area (Å²) in [7, 11) is 0. The molecule has 0 spiro atoms. The van der Waals surface area contributed by atoms with Gasteiger partial charge < -0.3 is 19.5 Å². The normalized spacial score (nSPS) is 18.6. The van der Waals surface area contributed by atoms with Crippen LogP contribution in [0, 0.1) is 0 Å². The highest BCUT2D eigenvalue weighted by atomic mass is 19.4. The van der Waals surface area contributed by atoms with Crippen LogP contribution in [0.3, 0.4) is 0 Å². The Kier molecular flexibility index (Phi) is 5.51. The molecule has 3 heterocycles. The number of anilines is 1. The van der Waals surface area contributed by atoms with E-state index in [9.17, 15) is 18.3 Å². The molecule has 0 saturated carbocycles. The fourth-order valence-corrected chi connectivity index (χ4v) is 3.52. The minimum Gasteiger partial charge on any atom is -0.486 e. The molecule has 4 rings (SSSR count). The van der Waals surface area contributed by atoms with Crippen LogP contribution in [0.5, 0.6) is 11.5 Å². The zero-order chi connectivity index (χ0) is 20.4. The number of fused-ring (bicyclic) bond motifs is 1. The molecule has 1 aromatic heterocycles. The van der Waals surface area contributed by atoms with Gasteiger partial charge in [-0.3, -0.25) is 4.90 Å². The summed E-state index contributed by atoms with van der Waals surface area (Å²) >= 11 is 0. The number of pyridine rings is 1. The predicted octanol–water partition coefficient (Wildman–Crippen LogP) is 2.73. The zero-order valence-electron chi connectivity index (χ0n) is 15.7. The van der Waals surface area contributed by atoms with Crippen LogP contribution in [-0.4, -0.2) is 60.9 Å². The first-order chi connectivity index (χ1) is 13.9. The SMILES string of the molecule is OC(CN1CCN(c2ccc(C(F)(F)F)cn2)CC1)c1ccc2c(c1)OCCO2. The Morgan fingerprint density at radius 2 is 1.72 bits per heavy atom. The minimum absolute atomic E-state index is 0.466.